The molecule has 0 spiro atoms. The second kappa shape index (κ2) is 7.82. The molecule has 2 amide bonds. The van der Waals surface area contributed by atoms with Crippen LogP contribution in [0.5, 0.6) is 0 Å². The Morgan fingerprint density at radius 3 is 2.14 bits per heavy atom. The number of amides is 2. The Balaban J connectivity index is 1.80. The summed E-state index contributed by atoms with van der Waals surface area (Å²) in [5, 5.41) is 5.94. The van der Waals surface area contributed by atoms with E-state index in [1.807, 2.05) is 6.07 Å². The number of hydrogen-bond donors (Lipinski definition) is 2. The van der Waals surface area contributed by atoms with Gasteiger partial charge in [0.2, 0.25) is 0 Å². The van der Waals surface area contributed by atoms with Crippen LogP contribution in [-0.4, -0.2) is 24.9 Å². The third-order valence-corrected chi connectivity index (χ3v) is 3.75. The van der Waals surface area contributed by atoms with E-state index in [4.69, 9.17) is 23.2 Å². The Bertz CT molecular complexity index is 675. The molecule has 6 heteroatoms. The SMILES string of the molecule is O=C(NCCNC(=O)c1cccc(Cl)c1Cl)c1ccccc1. The van der Waals surface area contributed by atoms with Crippen LogP contribution in [0.2, 0.25) is 10.0 Å². The predicted octanol–water partition coefficient (Wildman–Crippen LogP) is 3.15. The van der Waals surface area contributed by atoms with E-state index in [-0.39, 0.29) is 16.8 Å². The van der Waals surface area contributed by atoms with Crippen molar-refractivity contribution >= 4 is 35.0 Å². The Kier molecular flexibility index (Phi) is 5.81. The van der Waals surface area contributed by atoms with Crippen molar-refractivity contribution in [2.24, 2.45) is 0 Å². The highest BCUT2D eigenvalue weighted by molar-refractivity contribution is 6.43. The van der Waals surface area contributed by atoms with Crippen LogP contribution in [-0.2, 0) is 0 Å². The molecule has 0 bridgehead atoms. The molecule has 0 saturated carbocycles. The average Bonchev–Trinajstić information content (AvgIpc) is 2.54. The Hall–Kier alpha value is -2.04. The lowest BCUT2D eigenvalue weighted by Crippen LogP contribution is -2.34. The minimum atomic E-state index is -0.332. The van der Waals surface area contributed by atoms with Crippen molar-refractivity contribution in [3.63, 3.8) is 0 Å². The number of nitrogens with one attached hydrogen (secondary N) is 2. The maximum absolute atomic E-state index is 12.0. The quantitative estimate of drug-likeness (QED) is 0.824. The van der Waals surface area contributed by atoms with Crippen molar-refractivity contribution < 1.29 is 9.59 Å². The molecular formula is C16H14Cl2N2O2. The molecule has 2 aromatic rings. The number of carbonyl (C=O) groups excluding carboxylic acids is 2. The molecule has 0 saturated heterocycles. The van der Waals surface area contributed by atoms with E-state index in [9.17, 15) is 9.59 Å². The van der Waals surface area contributed by atoms with E-state index < -0.39 is 0 Å². The molecule has 0 radical (unpaired) electrons. The normalized spacial score (nSPS) is 10.1. The van der Waals surface area contributed by atoms with Gasteiger partial charge in [0, 0.05) is 18.7 Å². The Morgan fingerprint density at radius 2 is 1.45 bits per heavy atom. The number of carbonyl (C=O) groups is 2. The monoisotopic (exact) mass is 336 g/mol. The van der Waals surface area contributed by atoms with Gasteiger partial charge >= 0.3 is 0 Å². The van der Waals surface area contributed by atoms with E-state index >= 15 is 0 Å². The second-order valence-corrected chi connectivity index (χ2v) is 5.26. The van der Waals surface area contributed by atoms with Gasteiger partial charge in [-0.3, -0.25) is 9.59 Å². The number of rotatable bonds is 5. The molecule has 0 heterocycles. The lowest BCUT2D eigenvalue weighted by Gasteiger charge is -2.08. The Labute approximate surface area is 138 Å². The molecule has 2 rings (SSSR count). The van der Waals surface area contributed by atoms with Crippen LogP contribution in [0.25, 0.3) is 0 Å². The van der Waals surface area contributed by atoms with E-state index in [2.05, 4.69) is 10.6 Å². The molecule has 0 aliphatic rings. The maximum atomic E-state index is 12.0. The molecule has 4 nitrogen and oxygen atoms in total. The van der Waals surface area contributed by atoms with Gasteiger partial charge in [-0.05, 0) is 24.3 Å². The summed E-state index contributed by atoms with van der Waals surface area (Å²) in [5.41, 5.74) is 0.885. The number of halogens is 2. The van der Waals surface area contributed by atoms with Gasteiger partial charge in [-0.2, -0.15) is 0 Å². The van der Waals surface area contributed by atoms with Crippen LogP contribution in [0.1, 0.15) is 20.7 Å². The standard InChI is InChI=1S/C16H14Cl2N2O2/c17-13-8-4-7-12(14(13)18)16(22)20-10-9-19-15(21)11-5-2-1-3-6-11/h1-8H,9-10H2,(H,19,21)(H,20,22). The molecule has 0 unspecified atom stereocenters. The summed E-state index contributed by atoms with van der Waals surface area (Å²) in [6.07, 6.45) is 0. The molecule has 22 heavy (non-hydrogen) atoms. The van der Waals surface area contributed by atoms with Crippen LogP contribution in [0.3, 0.4) is 0 Å². The van der Waals surface area contributed by atoms with E-state index in [0.717, 1.165) is 0 Å². The highest BCUT2D eigenvalue weighted by Gasteiger charge is 2.12. The van der Waals surface area contributed by atoms with Crippen LogP contribution < -0.4 is 10.6 Å². The van der Waals surface area contributed by atoms with Crippen molar-refractivity contribution in [2.75, 3.05) is 13.1 Å². The Morgan fingerprint density at radius 1 is 0.818 bits per heavy atom. The van der Waals surface area contributed by atoms with Gasteiger partial charge in [0.05, 0.1) is 15.6 Å². The minimum Gasteiger partial charge on any atom is -0.350 e. The van der Waals surface area contributed by atoms with Crippen molar-refractivity contribution in [3.8, 4) is 0 Å². The summed E-state index contributed by atoms with van der Waals surface area (Å²) < 4.78 is 0. The zero-order chi connectivity index (χ0) is 15.9. The van der Waals surface area contributed by atoms with Gasteiger partial charge < -0.3 is 10.6 Å². The number of benzene rings is 2. The lowest BCUT2D eigenvalue weighted by molar-refractivity contribution is 0.0927. The van der Waals surface area contributed by atoms with Gasteiger partial charge in [0.15, 0.2) is 0 Å². The predicted molar refractivity (Wildman–Crippen MR) is 87.6 cm³/mol. The van der Waals surface area contributed by atoms with E-state index in [1.165, 1.54) is 0 Å². The molecule has 2 N–H and O–H groups in total. The van der Waals surface area contributed by atoms with E-state index in [1.54, 1.807) is 42.5 Å². The van der Waals surface area contributed by atoms with Crippen LogP contribution >= 0.6 is 23.2 Å². The van der Waals surface area contributed by atoms with Crippen LogP contribution in [0.4, 0.5) is 0 Å². The summed E-state index contributed by atoms with van der Waals surface area (Å²) in [5.74, 6) is -0.517. The fraction of sp³-hybridized carbons (Fsp3) is 0.125. The van der Waals surface area contributed by atoms with E-state index in [0.29, 0.717) is 29.2 Å². The van der Waals surface area contributed by atoms with Crippen molar-refractivity contribution in [1.82, 2.24) is 10.6 Å². The fourth-order valence-electron chi connectivity index (χ4n) is 1.82. The topological polar surface area (TPSA) is 58.2 Å². The second-order valence-electron chi connectivity index (χ2n) is 4.48. The first kappa shape index (κ1) is 16.3. The van der Waals surface area contributed by atoms with Gasteiger partial charge in [-0.15, -0.1) is 0 Å². The summed E-state index contributed by atoms with van der Waals surface area (Å²) in [4.78, 5) is 23.8. The van der Waals surface area contributed by atoms with Gasteiger partial charge in [-0.1, -0.05) is 47.5 Å². The minimum absolute atomic E-state index is 0.185. The first-order chi connectivity index (χ1) is 10.6. The molecule has 2 aromatic carbocycles. The molecule has 0 atom stereocenters. The molecule has 114 valence electrons. The van der Waals surface area contributed by atoms with Gasteiger partial charge in [-0.25, -0.2) is 0 Å². The summed E-state index contributed by atoms with van der Waals surface area (Å²) in [6.45, 7) is 0.609. The molecule has 0 fully saturated rings. The highest BCUT2D eigenvalue weighted by atomic mass is 35.5. The molecule has 0 aliphatic heterocycles. The third kappa shape index (κ3) is 4.23. The smallest absolute Gasteiger partial charge is 0.252 e. The largest absolute Gasteiger partial charge is 0.350 e. The first-order valence-electron chi connectivity index (χ1n) is 6.65. The van der Waals surface area contributed by atoms with Crippen molar-refractivity contribution in [3.05, 3.63) is 69.7 Å². The zero-order valence-electron chi connectivity index (χ0n) is 11.6. The van der Waals surface area contributed by atoms with Gasteiger partial charge in [0.25, 0.3) is 11.8 Å². The van der Waals surface area contributed by atoms with Crippen LogP contribution in [0, 0.1) is 0 Å². The first-order valence-corrected chi connectivity index (χ1v) is 7.40. The van der Waals surface area contributed by atoms with Crippen molar-refractivity contribution in [1.29, 1.82) is 0 Å². The summed E-state index contributed by atoms with van der Waals surface area (Å²) in [7, 11) is 0. The molecular weight excluding hydrogens is 323 g/mol. The maximum Gasteiger partial charge on any atom is 0.252 e. The highest BCUT2D eigenvalue weighted by Crippen LogP contribution is 2.25. The van der Waals surface area contributed by atoms with Crippen molar-refractivity contribution in [2.45, 2.75) is 0 Å². The third-order valence-electron chi connectivity index (χ3n) is 2.93. The summed E-state index contributed by atoms with van der Waals surface area (Å²) >= 11 is 11.8. The molecule has 0 aliphatic carbocycles. The zero-order valence-corrected chi connectivity index (χ0v) is 13.1. The average molecular weight is 337 g/mol. The van der Waals surface area contributed by atoms with Crippen LogP contribution in [0.15, 0.2) is 48.5 Å². The fourth-order valence-corrected chi connectivity index (χ4v) is 2.20. The summed E-state index contributed by atoms with van der Waals surface area (Å²) in [6, 6.07) is 13.7. The number of hydrogen-bond acceptors (Lipinski definition) is 2. The molecule has 0 aromatic heterocycles. The lowest BCUT2D eigenvalue weighted by atomic mass is 10.2. The van der Waals surface area contributed by atoms with Gasteiger partial charge in [0.1, 0.15) is 0 Å².